The number of nitrogens with one attached hydrogen (secondary N) is 1. The maximum absolute atomic E-state index is 12.9. The second-order valence-corrected chi connectivity index (χ2v) is 8.09. The first-order valence-corrected chi connectivity index (χ1v) is 12.3. The summed E-state index contributed by atoms with van der Waals surface area (Å²) in [5.74, 6) is 0.308. The van der Waals surface area contributed by atoms with Gasteiger partial charge in [-0.1, -0.05) is 31.5 Å². The molecule has 1 atom stereocenters. The predicted molar refractivity (Wildman–Crippen MR) is 138 cm³/mol. The number of hydrogen-bond donors (Lipinski definition) is 2. The molecule has 2 rings (SSSR count). The van der Waals surface area contributed by atoms with Gasteiger partial charge in [0.25, 0.3) is 0 Å². The number of aliphatic carboxylic acids is 1. The molecular weight excluding hydrogens is 464 g/mol. The van der Waals surface area contributed by atoms with Gasteiger partial charge in [-0.25, -0.2) is 9.59 Å². The van der Waals surface area contributed by atoms with Crippen LogP contribution in [0.15, 0.2) is 48.5 Å². The Kier molecular flexibility index (Phi) is 13.2. The number of unbranched alkanes of at least 4 members (excludes halogenated alkanes) is 1. The van der Waals surface area contributed by atoms with E-state index < -0.39 is 12.1 Å². The molecular formula is C27H38N2O7. The molecule has 2 aromatic rings. The molecule has 36 heavy (non-hydrogen) atoms. The highest BCUT2D eigenvalue weighted by Crippen LogP contribution is 2.18. The van der Waals surface area contributed by atoms with Crippen LogP contribution in [0.3, 0.4) is 0 Å². The fourth-order valence-electron chi connectivity index (χ4n) is 3.37. The molecule has 198 valence electrons. The number of rotatable bonds is 17. The van der Waals surface area contributed by atoms with Crippen LogP contribution in [0.2, 0.25) is 0 Å². The fourth-order valence-corrected chi connectivity index (χ4v) is 3.37. The molecule has 0 aliphatic heterocycles. The van der Waals surface area contributed by atoms with Gasteiger partial charge >= 0.3 is 12.0 Å². The average molecular weight is 503 g/mol. The monoisotopic (exact) mass is 502 g/mol. The minimum absolute atomic E-state index is 0.253. The maximum Gasteiger partial charge on any atom is 0.333 e. The van der Waals surface area contributed by atoms with Crippen molar-refractivity contribution < 1.29 is 33.6 Å². The number of anilines is 1. The van der Waals surface area contributed by atoms with Crippen LogP contribution in [0.1, 0.15) is 32.3 Å². The lowest BCUT2D eigenvalue weighted by Gasteiger charge is -2.23. The van der Waals surface area contributed by atoms with Crippen LogP contribution in [0.5, 0.6) is 11.5 Å². The van der Waals surface area contributed by atoms with E-state index in [1.165, 1.54) is 0 Å². The summed E-state index contributed by atoms with van der Waals surface area (Å²) in [7, 11) is 1.58. The highest BCUT2D eigenvalue weighted by molar-refractivity contribution is 5.89. The van der Waals surface area contributed by atoms with E-state index in [9.17, 15) is 14.7 Å². The molecule has 0 saturated heterocycles. The Morgan fingerprint density at radius 2 is 1.75 bits per heavy atom. The van der Waals surface area contributed by atoms with Crippen molar-refractivity contribution in [2.75, 3.05) is 51.9 Å². The SMILES string of the molecule is CCCCOCCN(CCOc1ccc(CC(OCC)C(=O)O)cc1)C(=O)Nc1cccc(OC)c1. The smallest absolute Gasteiger partial charge is 0.333 e. The third kappa shape index (κ3) is 10.5. The Labute approximate surface area is 213 Å². The number of carboxylic acids is 1. The molecule has 0 saturated carbocycles. The van der Waals surface area contributed by atoms with E-state index in [2.05, 4.69) is 12.2 Å². The van der Waals surface area contributed by atoms with Crippen LogP contribution in [-0.4, -0.2) is 74.7 Å². The first-order chi connectivity index (χ1) is 17.5. The lowest BCUT2D eigenvalue weighted by atomic mass is 10.1. The van der Waals surface area contributed by atoms with Crippen LogP contribution in [0, 0.1) is 0 Å². The van der Waals surface area contributed by atoms with Crippen LogP contribution in [0.4, 0.5) is 10.5 Å². The van der Waals surface area contributed by atoms with Gasteiger partial charge in [-0.15, -0.1) is 0 Å². The number of methoxy groups -OCH3 is 1. The summed E-state index contributed by atoms with van der Waals surface area (Å²) in [4.78, 5) is 25.9. The molecule has 0 radical (unpaired) electrons. The Morgan fingerprint density at radius 1 is 1.00 bits per heavy atom. The van der Waals surface area contributed by atoms with E-state index >= 15 is 0 Å². The van der Waals surface area contributed by atoms with Crippen molar-refractivity contribution in [2.24, 2.45) is 0 Å². The molecule has 0 fully saturated rings. The molecule has 2 aromatic carbocycles. The number of nitrogens with zero attached hydrogens (tertiary/aromatic N) is 1. The van der Waals surface area contributed by atoms with Crippen LogP contribution >= 0.6 is 0 Å². The lowest BCUT2D eigenvalue weighted by molar-refractivity contribution is -0.149. The highest BCUT2D eigenvalue weighted by atomic mass is 16.5. The summed E-state index contributed by atoms with van der Waals surface area (Å²) in [5.41, 5.74) is 1.48. The van der Waals surface area contributed by atoms with Crippen molar-refractivity contribution >= 4 is 17.7 Å². The summed E-state index contributed by atoms with van der Waals surface area (Å²) < 4.78 is 22.0. The third-order valence-corrected chi connectivity index (χ3v) is 5.37. The summed E-state index contributed by atoms with van der Waals surface area (Å²) in [6.45, 7) is 6.38. The van der Waals surface area contributed by atoms with Crippen molar-refractivity contribution in [2.45, 2.75) is 39.2 Å². The zero-order valence-electron chi connectivity index (χ0n) is 21.4. The van der Waals surface area contributed by atoms with Crippen molar-refractivity contribution in [3.63, 3.8) is 0 Å². The van der Waals surface area contributed by atoms with Crippen molar-refractivity contribution in [3.05, 3.63) is 54.1 Å². The first-order valence-electron chi connectivity index (χ1n) is 12.3. The molecule has 0 aliphatic carbocycles. The summed E-state index contributed by atoms with van der Waals surface area (Å²) in [5, 5.41) is 12.2. The van der Waals surface area contributed by atoms with E-state index in [1.54, 1.807) is 43.2 Å². The number of ether oxygens (including phenoxy) is 4. The first kappa shape index (κ1) is 28.9. The Morgan fingerprint density at radius 3 is 2.42 bits per heavy atom. The molecule has 0 heterocycles. The van der Waals surface area contributed by atoms with Crippen molar-refractivity contribution in [3.8, 4) is 11.5 Å². The van der Waals surface area contributed by atoms with E-state index in [0.29, 0.717) is 50.1 Å². The van der Waals surface area contributed by atoms with Gasteiger partial charge in [0.15, 0.2) is 6.10 Å². The third-order valence-electron chi connectivity index (χ3n) is 5.37. The second-order valence-electron chi connectivity index (χ2n) is 8.09. The van der Waals surface area contributed by atoms with Gasteiger partial charge in [-0.3, -0.25) is 0 Å². The largest absolute Gasteiger partial charge is 0.497 e. The minimum atomic E-state index is -0.983. The zero-order chi connectivity index (χ0) is 26.2. The van der Waals surface area contributed by atoms with Crippen LogP contribution < -0.4 is 14.8 Å². The molecule has 2 amide bonds. The average Bonchev–Trinajstić information content (AvgIpc) is 2.88. The van der Waals surface area contributed by atoms with E-state index in [1.807, 2.05) is 24.3 Å². The Bertz CT molecular complexity index is 921. The topological polar surface area (TPSA) is 107 Å². The molecule has 1 unspecified atom stereocenters. The summed E-state index contributed by atoms with van der Waals surface area (Å²) in [6, 6.07) is 14.1. The van der Waals surface area contributed by atoms with Gasteiger partial charge in [0.2, 0.25) is 0 Å². The van der Waals surface area contributed by atoms with Gasteiger partial charge in [0.1, 0.15) is 18.1 Å². The second kappa shape index (κ2) is 16.4. The molecule has 0 aliphatic rings. The van der Waals surface area contributed by atoms with Crippen molar-refractivity contribution in [1.29, 1.82) is 0 Å². The number of carbonyl (C=O) groups excluding carboxylic acids is 1. The van der Waals surface area contributed by atoms with Gasteiger partial charge in [0, 0.05) is 37.9 Å². The van der Waals surface area contributed by atoms with Gasteiger partial charge in [-0.2, -0.15) is 0 Å². The molecule has 9 heteroatoms. The highest BCUT2D eigenvalue weighted by Gasteiger charge is 2.18. The van der Waals surface area contributed by atoms with Crippen molar-refractivity contribution in [1.82, 2.24) is 4.90 Å². The molecule has 0 aromatic heterocycles. The van der Waals surface area contributed by atoms with Gasteiger partial charge in [0.05, 0.1) is 20.3 Å². The molecule has 0 bridgehead atoms. The molecule has 2 N–H and O–H groups in total. The van der Waals surface area contributed by atoms with Gasteiger partial charge < -0.3 is 34.3 Å². The summed E-state index contributed by atoms with van der Waals surface area (Å²) in [6.07, 6.45) is 1.43. The standard InChI is InChI=1S/C27H38N2O7/c1-4-6-16-34-17-14-29(27(32)28-22-8-7-9-24(20-22)33-3)15-18-36-23-12-10-21(11-13-23)19-25(26(30)31)35-5-2/h7-13,20,25H,4-6,14-19H2,1-3H3,(H,28,32)(H,30,31). The zero-order valence-corrected chi connectivity index (χ0v) is 21.4. The number of benzene rings is 2. The van der Waals surface area contributed by atoms with E-state index in [4.69, 9.17) is 18.9 Å². The Balaban J connectivity index is 1.92. The van der Waals surface area contributed by atoms with E-state index in [0.717, 1.165) is 18.4 Å². The number of urea groups is 1. The Hall–Kier alpha value is -3.30. The lowest BCUT2D eigenvalue weighted by Crippen LogP contribution is -2.40. The summed E-state index contributed by atoms with van der Waals surface area (Å²) >= 11 is 0. The van der Waals surface area contributed by atoms with Crippen LogP contribution in [0.25, 0.3) is 0 Å². The fraction of sp³-hybridized carbons (Fsp3) is 0.481. The maximum atomic E-state index is 12.9. The number of carboxylic acid groups (broad SMARTS) is 1. The minimum Gasteiger partial charge on any atom is -0.497 e. The van der Waals surface area contributed by atoms with Crippen LogP contribution in [-0.2, 0) is 20.7 Å². The van der Waals surface area contributed by atoms with E-state index in [-0.39, 0.29) is 19.1 Å². The predicted octanol–water partition coefficient (Wildman–Crippen LogP) is 4.46. The number of carbonyl (C=O) groups is 2. The van der Waals surface area contributed by atoms with Gasteiger partial charge in [-0.05, 0) is 43.2 Å². The number of amides is 2. The number of hydrogen-bond acceptors (Lipinski definition) is 6. The molecule has 0 spiro atoms. The molecule has 9 nitrogen and oxygen atoms in total. The normalized spacial score (nSPS) is 11.5. The quantitative estimate of drug-likeness (QED) is 0.308.